The molecule has 116 valence electrons. The number of aromatic amines is 1. The van der Waals surface area contributed by atoms with Gasteiger partial charge in [0.1, 0.15) is 5.82 Å². The zero-order valence-electron chi connectivity index (χ0n) is 12.1. The molecule has 0 radical (unpaired) electrons. The second kappa shape index (κ2) is 5.35. The molecule has 1 amide bonds. The van der Waals surface area contributed by atoms with Crippen molar-refractivity contribution in [3.05, 3.63) is 58.4 Å². The third-order valence-electron chi connectivity index (χ3n) is 4.02. The topological polar surface area (TPSA) is 57.8 Å². The Kier molecular flexibility index (Phi) is 3.31. The van der Waals surface area contributed by atoms with E-state index in [0.717, 1.165) is 29.3 Å². The van der Waals surface area contributed by atoms with E-state index in [2.05, 4.69) is 15.5 Å². The summed E-state index contributed by atoms with van der Waals surface area (Å²) < 4.78 is 12.9. The Labute approximate surface area is 136 Å². The van der Waals surface area contributed by atoms with Crippen molar-refractivity contribution in [2.45, 2.75) is 18.8 Å². The highest BCUT2D eigenvalue weighted by atomic mass is 35.5. The highest BCUT2D eigenvalue weighted by molar-refractivity contribution is 6.31. The van der Waals surface area contributed by atoms with Crippen LogP contribution in [0.3, 0.4) is 0 Å². The van der Waals surface area contributed by atoms with Gasteiger partial charge in [-0.25, -0.2) is 4.39 Å². The number of H-pyrrole nitrogens is 1. The molecule has 1 aliphatic carbocycles. The number of aromatic nitrogens is 2. The van der Waals surface area contributed by atoms with Crippen molar-refractivity contribution in [1.29, 1.82) is 0 Å². The number of nitrogens with zero attached hydrogens (tertiary/aromatic N) is 1. The first kappa shape index (κ1) is 14.2. The van der Waals surface area contributed by atoms with Crippen LogP contribution < -0.4 is 5.32 Å². The predicted molar refractivity (Wildman–Crippen MR) is 87.4 cm³/mol. The highest BCUT2D eigenvalue weighted by Gasteiger charge is 2.27. The van der Waals surface area contributed by atoms with E-state index in [4.69, 9.17) is 11.6 Å². The van der Waals surface area contributed by atoms with Crippen LogP contribution in [0.25, 0.3) is 10.9 Å². The fourth-order valence-electron chi connectivity index (χ4n) is 2.70. The zero-order chi connectivity index (χ0) is 16.0. The van der Waals surface area contributed by atoms with Crippen LogP contribution >= 0.6 is 11.6 Å². The summed E-state index contributed by atoms with van der Waals surface area (Å²) in [6.07, 6.45) is 2.29. The Bertz CT molecular complexity index is 900. The zero-order valence-corrected chi connectivity index (χ0v) is 12.8. The number of carbonyl (C=O) groups is 1. The Morgan fingerprint density at radius 2 is 2.00 bits per heavy atom. The standard InChI is InChI=1S/C17H13ClFN3O/c18-11-7-13(9-1-2-9)15-14(8-11)16(22-21-15)20-17(23)10-3-5-12(19)6-4-10/h3-9H,1-2H2,(H2,20,21,22,23). The average Bonchev–Trinajstić information content (AvgIpc) is 3.30. The molecule has 23 heavy (non-hydrogen) atoms. The number of nitrogens with one attached hydrogen (secondary N) is 2. The van der Waals surface area contributed by atoms with E-state index in [1.54, 1.807) is 6.07 Å². The summed E-state index contributed by atoms with van der Waals surface area (Å²) >= 11 is 6.20. The van der Waals surface area contributed by atoms with Gasteiger partial charge in [0.2, 0.25) is 0 Å². The van der Waals surface area contributed by atoms with E-state index in [0.29, 0.717) is 22.3 Å². The molecule has 0 unspecified atom stereocenters. The fourth-order valence-corrected chi connectivity index (χ4v) is 2.93. The normalized spacial score (nSPS) is 14.2. The van der Waals surface area contributed by atoms with Gasteiger partial charge < -0.3 is 5.32 Å². The lowest BCUT2D eigenvalue weighted by atomic mass is 10.1. The minimum atomic E-state index is -0.382. The van der Waals surface area contributed by atoms with Crippen LogP contribution in [0.4, 0.5) is 10.2 Å². The molecule has 2 aromatic carbocycles. The number of amides is 1. The molecule has 0 spiro atoms. The molecule has 3 aromatic rings. The van der Waals surface area contributed by atoms with E-state index in [9.17, 15) is 9.18 Å². The lowest BCUT2D eigenvalue weighted by Gasteiger charge is -2.04. The van der Waals surface area contributed by atoms with Crippen molar-refractivity contribution in [2.24, 2.45) is 0 Å². The van der Waals surface area contributed by atoms with E-state index in [-0.39, 0.29) is 11.7 Å². The average molecular weight is 330 g/mol. The van der Waals surface area contributed by atoms with Crippen LogP contribution in [0.1, 0.15) is 34.7 Å². The number of anilines is 1. The molecule has 4 nitrogen and oxygen atoms in total. The van der Waals surface area contributed by atoms with Gasteiger partial charge in [-0.3, -0.25) is 9.89 Å². The summed E-state index contributed by atoms with van der Waals surface area (Å²) in [6, 6.07) is 9.10. The maximum atomic E-state index is 12.9. The van der Waals surface area contributed by atoms with Crippen molar-refractivity contribution in [2.75, 3.05) is 5.32 Å². The molecule has 1 aliphatic rings. The van der Waals surface area contributed by atoms with Gasteiger partial charge >= 0.3 is 0 Å². The number of fused-ring (bicyclic) bond motifs is 1. The summed E-state index contributed by atoms with van der Waals surface area (Å²) in [5.74, 6) is 0.218. The third kappa shape index (κ3) is 2.68. The summed E-state index contributed by atoms with van der Waals surface area (Å²) in [5, 5.41) is 11.4. The molecule has 0 aliphatic heterocycles. The predicted octanol–water partition coefficient (Wildman–Crippen LogP) is 4.49. The SMILES string of the molecule is O=C(Nc1n[nH]c2c(C3CC3)cc(Cl)cc12)c1ccc(F)cc1. The molecule has 1 heterocycles. The maximum absolute atomic E-state index is 12.9. The van der Waals surface area contributed by atoms with Gasteiger partial charge in [-0.15, -0.1) is 0 Å². The van der Waals surface area contributed by atoms with E-state index >= 15 is 0 Å². The number of carbonyl (C=O) groups excluding carboxylic acids is 1. The Morgan fingerprint density at radius 3 is 2.70 bits per heavy atom. The van der Waals surface area contributed by atoms with Gasteiger partial charge in [0, 0.05) is 16.0 Å². The summed E-state index contributed by atoms with van der Waals surface area (Å²) in [5.41, 5.74) is 2.42. The van der Waals surface area contributed by atoms with Crippen molar-refractivity contribution < 1.29 is 9.18 Å². The molecule has 4 rings (SSSR count). The lowest BCUT2D eigenvalue weighted by Crippen LogP contribution is -2.12. The summed E-state index contributed by atoms with van der Waals surface area (Å²) in [4.78, 5) is 12.3. The lowest BCUT2D eigenvalue weighted by molar-refractivity contribution is 0.102. The number of benzene rings is 2. The summed E-state index contributed by atoms with van der Waals surface area (Å²) in [7, 11) is 0. The molecule has 1 fully saturated rings. The van der Waals surface area contributed by atoms with Crippen LogP contribution in [0, 0.1) is 5.82 Å². The van der Waals surface area contributed by atoms with Gasteiger partial charge in [0.25, 0.3) is 5.91 Å². The van der Waals surface area contributed by atoms with E-state index in [1.807, 2.05) is 6.07 Å². The third-order valence-corrected chi connectivity index (χ3v) is 4.24. The van der Waals surface area contributed by atoms with Crippen LogP contribution in [-0.4, -0.2) is 16.1 Å². The molecule has 0 saturated heterocycles. The van der Waals surface area contributed by atoms with Crippen LogP contribution in [0.5, 0.6) is 0 Å². The van der Waals surface area contributed by atoms with Gasteiger partial charge in [0.15, 0.2) is 5.82 Å². The fraction of sp³-hybridized carbons (Fsp3) is 0.176. The van der Waals surface area contributed by atoms with Crippen molar-refractivity contribution in [3.63, 3.8) is 0 Å². The van der Waals surface area contributed by atoms with Gasteiger partial charge in [-0.1, -0.05) is 11.6 Å². The number of hydrogen-bond donors (Lipinski definition) is 2. The minimum Gasteiger partial charge on any atom is -0.305 e. The largest absolute Gasteiger partial charge is 0.305 e. The molecule has 6 heteroatoms. The Balaban J connectivity index is 1.69. The highest BCUT2D eigenvalue weighted by Crippen LogP contribution is 2.44. The molecule has 0 atom stereocenters. The van der Waals surface area contributed by atoms with Crippen molar-refractivity contribution in [3.8, 4) is 0 Å². The summed E-state index contributed by atoms with van der Waals surface area (Å²) in [6.45, 7) is 0. The molecular weight excluding hydrogens is 317 g/mol. The van der Waals surface area contributed by atoms with Crippen LogP contribution in [0.2, 0.25) is 5.02 Å². The van der Waals surface area contributed by atoms with Gasteiger partial charge in [-0.2, -0.15) is 5.10 Å². The molecule has 1 saturated carbocycles. The first-order valence-electron chi connectivity index (χ1n) is 7.36. The van der Waals surface area contributed by atoms with E-state index < -0.39 is 0 Å². The first-order valence-corrected chi connectivity index (χ1v) is 7.74. The Morgan fingerprint density at radius 1 is 1.26 bits per heavy atom. The van der Waals surface area contributed by atoms with E-state index in [1.165, 1.54) is 24.3 Å². The number of halogens is 2. The number of rotatable bonds is 3. The number of hydrogen-bond acceptors (Lipinski definition) is 2. The smallest absolute Gasteiger partial charge is 0.256 e. The second-order valence-corrected chi connectivity index (χ2v) is 6.16. The quantitative estimate of drug-likeness (QED) is 0.744. The Hall–Kier alpha value is -2.40. The molecule has 0 bridgehead atoms. The van der Waals surface area contributed by atoms with Crippen molar-refractivity contribution in [1.82, 2.24) is 10.2 Å². The minimum absolute atomic E-state index is 0.341. The molecular formula is C17H13ClFN3O. The molecule has 2 N–H and O–H groups in total. The molecule has 1 aromatic heterocycles. The van der Waals surface area contributed by atoms with Crippen LogP contribution in [0.15, 0.2) is 36.4 Å². The van der Waals surface area contributed by atoms with Gasteiger partial charge in [0.05, 0.1) is 5.52 Å². The first-order chi connectivity index (χ1) is 11.1. The van der Waals surface area contributed by atoms with Crippen LogP contribution in [-0.2, 0) is 0 Å². The second-order valence-electron chi connectivity index (χ2n) is 5.73. The monoisotopic (exact) mass is 329 g/mol. The maximum Gasteiger partial charge on any atom is 0.256 e. The van der Waals surface area contributed by atoms with Gasteiger partial charge in [-0.05, 0) is 60.7 Å². The van der Waals surface area contributed by atoms with Crippen molar-refractivity contribution >= 4 is 34.2 Å².